The molecule has 3 rings (SSSR count). The number of methoxy groups -OCH3 is 1. The van der Waals surface area contributed by atoms with Crippen molar-refractivity contribution in [1.82, 2.24) is 0 Å². The first-order valence-corrected chi connectivity index (χ1v) is 6.72. The SMILES string of the molecule is COC1=CC=C2C=C(O)C=C3CCC(C)(C)OC23C1. The lowest BCUT2D eigenvalue weighted by Crippen LogP contribution is -2.50. The Morgan fingerprint density at radius 1 is 1.26 bits per heavy atom. The number of hydrogen-bond acceptors (Lipinski definition) is 3. The van der Waals surface area contributed by atoms with E-state index >= 15 is 0 Å². The van der Waals surface area contributed by atoms with E-state index in [1.54, 1.807) is 13.2 Å². The quantitative estimate of drug-likeness (QED) is 0.783. The molecule has 1 saturated heterocycles. The summed E-state index contributed by atoms with van der Waals surface area (Å²) in [6, 6.07) is 0. The zero-order valence-corrected chi connectivity index (χ0v) is 11.7. The standard InChI is InChI=1S/C16H20O3/c1-15(2)7-6-12-9-13(17)8-11-4-5-14(18-3)10-16(11,12)19-15/h4-5,8-9,17H,6-7,10H2,1-3H3. The Morgan fingerprint density at radius 2 is 2.05 bits per heavy atom. The van der Waals surface area contributed by atoms with Crippen LogP contribution in [0, 0.1) is 0 Å². The van der Waals surface area contributed by atoms with E-state index in [2.05, 4.69) is 13.8 Å². The highest BCUT2D eigenvalue weighted by Gasteiger charge is 2.49. The van der Waals surface area contributed by atoms with Crippen LogP contribution in [0.5, 0.6) is 0 Å². The molecule has 1 atom stereocenters. The van der Waals surface area contributed by atoms with Crippen molar-refractivity contribution >= 4 is 0 Å². The van der Waals surface area contributed by atoms with Crippen molar-refractivity contribution in [3.8, 4) is 0 Å². The van der Waals surface area contributed by atoms with Crippen LogP contribution in [0.1, 0.15) is 33.1 Å². The number of aliphatic hydroxyl groups is 1. The molecule has 1 heterocycles. The Hall–Kier alpha value is -1.48. The second-order valence-electron chi connectivity index (χ2n) is 6.06. The molecular formula is C16H20O3. The summed E-state index contributed by atoms with van der Waals surface area (Å²) < 4.78 is 11.8. The fraction of sp³-hybridized carbons (Fsp3) is 0.500. The van der Waals surface area contributed by atoms with Gasteiger partial charge in [0.15, 0.2) is 0 Å². The van der Waals surface area contributed by atoms with E-state index in [1.807, 2.05) is 18.2 Å². The summed E-state index contributed by atoms with van der Waals surface area (Å²) in [7, 11) is 1.69. The maximum absolute atomic E-state index is 9.87. The van der Waals surface area contributed by atoms with E-state index < -0.39 is 5.60 Å². The van der Waals surface area contributed by atoms with Crippen molar-refractivity contribution in [3.63, 3.8) is 0 Å². The molecule has 3 aliphatic rings. The number of allylic oxidation sites excluding steroid dienone is 3. The van der Waals surface area contributed by atoms with Gasteiger partial charge in [0.2, 0.25) is 0 Å². The van der Waals surface area contributed by atoms with Crippen LogP contribution in [-0.4, -0.2) is 23.4 Å². The number of aliphatic hydroxyl groups excluding tert-OH is 1. The predicted octanol–water partition coefficient (Wildman–Crippen LogP) is 3.56. The van der Waals surface area contributed by atoms with Gasteiger partial charge in [0, 0.05) is 6.42 Å². The highest BCUT2D eigenvalue weighted by molar-refractivity contribution is 5.53. The summed E-state index contributed by atoms with van der Waals surface area (Å²) in [4.78, 5) is 0. The van der Waals surface area contributed by atoms with Gasteiger partial charge in [0.1, 0.15) is 11.4 Å². The van der Waals surface area contributed by atoms with Gasteiger partial charge in [0.25, 0.3) is 0 Å². The molecule has 2 aliphatic carbocycles. The molecule has 0 aromatic carbocycles. The third-order valence-electron chi connectivity index (χ3n) is 4.19. The molecule has 1 unspecified atom stereocenters. The topological polar surface area (TPSA) is 38.7 Å². The van der Waals surface area contributed by atoms with Crippen LogP contribution in [0.3, 0.4) is 0 Å². The first kappa shape index (κ1) is 12.5. The normalized spacial score (nSPS) is 32.2. The molecule has 3 heteroatoms. The van der Waals surface area contributed by atoms with Crippen molar-refractivity contribution in [2.24, 2.45) is 0 Å². The van der Waals surface area contributed by atoms with Gasteiger partial charge in [-0.25, -0.2) is 0 Å². The number of rotatable bonds is 1. The number of hydrogen-bond donors (Lipinski definition) is 1. The molecule has 1 spiro atoms. The molecule has 0 aromatic rings. The predicted molar refractivity (Wildman–Crippen MR) is 73.7 cm³/mol. The fourth-order valence-corrected chi connectivity index (χ4v) is 3.22. The van der Waals surface area contributed by atoms with Gasteiger partial charge in [-0.05, 0) is 56.1 Å². The first-order valence-electron chi connectivity index (χ1n) is 6.72. The van der Waals surface area contributed by atoms with Gasteiger partial charge in [-0.3, -0.25) is 0 Å². The maximum Gasteiger partial charge on any atom is 0.122 e. The van der Waals surface area contributed by atoms with Crippen LogP contribution in [0.25, 0.3) is 0 Å². The number of ether oxygens (including phenoxy) is 2. The van der Waals surface area contributed by atoms with Crippen molar-refractivity contribution < 1.29 is 14.6 Å². The van der Waals surface area contributed by atoms with Crippen LogP contribution in [0.4, 0.5) is 0 Å². The molecule has 1 aliphatic heterocycles. The molecule has 102 valence electrons. The van der Waals surface area contributed by atoms with Gasteiger partial charge < -0.3 is 14.6 Å². The molecule has 1 fully saturated rings. The fourth-order valence-electron chi connectivity index (χ4n) is 3.22. The van der Waals surface area contributed by atoms with E-state index in [4.69, 9.17) is 9.47 Å². The Labute approximate surface area is 113 Å². The minimum absolute atomic E-state index is 0.159. The van der Waals surface area contributed by atoms with Crippen molar-refractivity contribution in [2.45, 2.75) is 44.3 Å². The summed E-state index contributed by atoms with van der Waals surface area (Å²) in [5, 5.41) is 9.87. The molecule has 3 nitrogen and oxygen atoms in total. The van der Waals surface area contributed by atoms with Crippen LogP contribution < -0.4 is 0 Å². The molecule has 0 amide bonds. The van der Waals surface area contributed by atoms with Gasteiger partial charge in [-0.1, -0.05) is 6.08 Å². The second-order valence-corrected chi connectivity index (χ2v) is 6.06. The summed E-state index contributed by atoms with van der Waals surface area (Å²) in [6.45, 7) is 4.25. The minimum atomic E-state index is -0.450. The van der Waals surface area contributed by atoms with E-state index in [9.17, 15) is 5.11 Å². The van der Waals surface area contributed by atoms with Crippen LogP contribution in [0.2, 0.25) is 0 Å². The third-order valence-corrected chi connectivity index (χ3v) is 4.19. The highest BCUT2D eigenvalue weighted by Crippen LogP contribution is 2.50. The Bertz CT molecular complexity index is 534. The van der Waals surface area contributed by atoms with Crippen molar-refractivity contribution in [2.75, 3.05) is 7.11 Å². The smallest absolute Gasteiger partial charge is 0.122 e. The van der Waals surface area contributed by atoms with E-state index in [1.165, 1.54) is 0 Å². The van der Waals surface area contributed by atoms with Crippen molar-refractivity contribution in [1.29, 1.82) is 0 Å². The summed E-state index contributed by atoms with van der Waals surface area (Å²) in [5.41, 5.74) is 1.57. The van der Waals surface area contributed by atoms with Crippen LogP contribution in [0.15, 0.2) is 47.0 Å². The Kier molecular flexibility index (Phi) is 2.65. The molecule has 1 N–H and O–H groups in total. The zero-order valence-electron chi connectivity index (χ0n) is 11.7. The summed E-state index contributed by atoms with van der Waals surface area (Å²) in [6.07, 6.45) is 10.2. The van der Waals surface area contributed by atoms with E-state index in [-0.39, 0.29) is 5.60 Å². The Balaban J connectivity index is 2.10. The van der Waals surface area contributed by atoms with Crippen LogP contribution in [-0.2, 0) is 9.47 Å². The molecule has 0 radical (unpaired) electrons. The molecule has 0 aromatic heterocycles. The summed E-state index contributed by atoms with van der Waals surface area (Å²) in [5.74, 6) is 1.23. The average Bonchev–Trinajstić information content (AvgIpc) is 2.35. The molecule has 0 bridgehead atoms. The Morgan fingerprint density at radius 3 is 2.79 bits per heavy atom. The highest BCUT2D eigenvalue weighted by atomic mass is 16.5. The zero-order chi connectivity index (χ0) is 13.7. The first-order chi connectivity index (χ1) is 8.95. The largest absolute Gasteiger partial charge is 0.508 e. The molecule has 0 saturated carbocycles. The maximum atomic E-state index is 9.87. The average molecular weight is 260 g/mol. The second kappa shape index (κ2) is 4.01. The monoisotopic (exact) mass is 260 g/mol. The minimum Gasteiger partial charge on any atom is -0.508 e. The van der Waals surface area contributed by atoms with Crippen LogP contribution >= 0.6 is 0 Å². The third kappa shape index (κ3) is 1.93. The molecule has 19 heavy (non-hydrogen) atoms. The van der Waals surface area contributed by atoms with E-state index in [0.717, 1.165) is 29.7 Å². The summed E-state index contributed by atoms with van der Waals surface area (Å²) >= 11 is 0. The van der Waals surface area contributed by atoms with E-state index in [0.29, 0.717) is 12.2 Å². The lowest BCUT2D eigenvalue weighted by Gasteiger charge is -2.50. The van der Waals surface area contributed by atoms with Gasteiger partial charge in [-0.2, -0.15) is 0 Å². The van der Waals surface area contributed by atoms with Gasteiger partial charge >= 0.3 is 0 Å². The lowest BCUT2D eigenvalue weighted by atomic mass is 9.71. The van der Waals surface area contributed by atoms with Gasteiger partial charge in [0.05, 0.1) is 18.5 Å². The lowest BCUT2D eigenvalue weighted by molar-refractivity contribution is -0.129. The molecular weight excluding hydrogens is 240 g/mol. The van der Waals surface area contributed by atoms with Crippen molar-refractivity contribution in [3.05, 3.63) is 47.0 Å². The van der Waals surface area contributed by atoms with Gasteiger partial charge in [-0.15, -0.1) is 0 Å².